The Morgan fingerprint density at radius 1 is 1.24 bits per heavy atom. The highest BCUT2D eigenvalue weighted by molar-refractivity contribution is 6.01. The van der Waals surface area contributed by atoms with Gasteiger partial charge in [-0.3, -0.25) is 4.79 Å². The minimum Gasteiger partial charge on any atom is -0.476 e. The molecule has 0 saturated heterocycles. The number of carbonyl (C=O) groups is 1. The number of fused-ring (bicyclic) bond motifs is 1. The van der Waals surface area contributed by atoms with Crippen LogP contribution in [0.4, 0.5) is 0 Å². The number of rotatable bonds is 3. The molecule has 0 aliphatic carbocycles. The van der Waals surface area contributed by atoms with E-state index in [0.717, 1.165) is 10.4 Å². The average molecular weight is 284 g/mol. The second kappa shape index (κ2) is 4.90. The molecule has 0 spiro atoms. The zero-order chi connectivity index (χ0) is 15.0. The number of aryl methyl sites for hydroxylation is 1. The summed E-state index contributed by atoms with van der Waals surface area (Å²) in [6.45, 7) is 1.89. The molecule has 0 atom stereocenters. The summed E-state index contributed by atoms with van der Waals surface area (Å²) < 4.78 is 6.52. The normalized spacial score (nSPS) is 10.9. The van der Waals surface area contributed by atoms with Crippen LogP contribution in [-0.2, 0) is 6.54 Å². The topological polar surface area (TPSA) is 85.3 Å². The predicted octanol–water partition coefficient (Wildman–Crippen LogP) is 2.04. The highest BCUT2D eigenvalue weighted by atomic mass is 16.4. The van der Waals surface area contributed by atoms with Gasteiger partial charge in [0.1, 0.15) is 18.1 Å². The van der Waals surface area contributed by atoms with Crippen molar-refractivity contribution in [3.8, 4) is 0 Å². The second-order valence-corrected chi connectivity index (χ2v) is 4.67. The Morgan fingerprint density at radius 3 is 2.57 bits per heavy atom. The zero-order valence-corrected chi connectivity index (χ0v) is 11.2. The van der Waals surface area contributed by atoms with Crippen LogP contribution < -0.4 is 5.56 Å². The van der Waals surface area contributed by atoms with Gasteiger partial charge in [0.05, 0.1) is 5.39 Å². The van der Waals surface area contributed by atoms with E-state index >= 15 is 0 Å². The summed E-state index contributed by atoms with van der Waals surface area (Å²) in [5, 5.41) is 13.9. The number of carboxylic acid groups (broad SMARTS) is 1. The van der Waals surface area contributed by atoms with E-state index in [1.54, 1.807) is 43.3 Å². The van der Waals surface area contributed by atoms with E-state index in [1.807, 2.05) is 0 Å². The van der Waals surface area contributed by atoms with Gasteiger partial charge in [-0.2, -0.15) is 5.10 Å². The molecular weight excluding hydrogens is 272 g/mol. The van der Waals surface area contributed by atoms with Gasteiger partial charge in [0.15, 0.2) is 5.69 Å². The van der Waals surface area contributed by atoms with Crippen molar-refractivity contribution in [1.29, 1.82) is 0 Å². The van der Waals surface area contributed by atoms with E-state index in [2.05, 4.69) is 5.10 Å². The maximum Gasteiger partial charge on any atom is 0.357 e. The van der Waals surface area contributed by atoms with Crippen molar-refractivity contribution in [3.05, 3.63) is 64.0 Å². The van der Waals surface area contributed by atoms with E-state index in [9.17, 15) is 14.7 Å². The second-order valence-electron chi connectivity index (χ2n) is 4.67. The van der Waals surface area contributed by atoms with Crippen LogP contribution in [0.3, 0.4) is 0 Å². The molecule has 0 saturated carbocycles. The number of carboxylic acids is 1. The van der Waals surface area contributed by atoms with Crippen molar-refractivity contribution in [2.75, 3.05) is 0 Å². The summed E-state index contributed by atoms with van der Waals surface area (Å²) in [6.07, 6.45) is 0. The highest BCUT2D eigenvalue weighted by Crippen LogP contribution is 2.14. The Kier molecular flexibility index (Phi) is 3.06. The molecule has 1 N–H and O–H groups in total. The van der Waals surface area contributed by atoms with Gasteiger partial charge in [0.2, 0.25) is 0 Å². The molecule has 0 aliphatic heterocycles. The largest absolute Gasteiger partial charge is 0.476 e. The maximum absolute atomic E-state index is 12.4. The van der Waals surface area contributed by atoms with Crippen LogP contribution >= 0.6 is 0 Å². The molecule has 0 unspecified atom stereocenters. The molecular formula is C15H12N2O4. The SMILES string of the molecule is Cc1ccc(Cn2nc(C(=O)O)c3ccccc3c2=O)o1. The van der Waals surface area contributed by atoms with Crippen LogP contribution in [-0.4, -0.2) is 20.9 Å². The summed E-state index contributed by atoms with van der Waals surface area (Å²) in [5.41, 5.74) is -0.488. The molecule has 6 nitrogen and oxygen atoms in total. The van der Waals surface area contributed by atoms with Crippen molar-refractivity contribution in [3.63, 3.8) is 0 Å². The third-order valence-corrected chi connectivity index (χ3v) is 3.17. The minimum absolute atomic E-state index is 0.0950. The minimum atomic E-state index is -1.17. The Morgan fingerprint density at radius 2 is 1.95 bits per heavy atom. The number of aromatic carboxylic acids is 1. The molecule has 0 radical (unpaired) electrons. The van der Waals surface area contributed by atoms with Crippen molar-refractivity contribution >= 4 is 16.7 Å². The number of hydrogen-bond acceptors (Lipinski definition) is 4. The van der Waals surface area contributed by atoms with E-state index in [1.165, 1.54) is 0 Å². The third-order valence-electron chi connectivity index (χ3n) is 3.17. The van der Waals surface area contributed by atoms with Crippen molar-refractivity contribution in [1.82, 2.24) is 9.78 Å². The van der Waals surface area contributed by atoms with Crippen LogP contribution in [0.1, 0.15) is 22.0 Å². The monoisotopic (exact) mass is 284 g/mol. The fourth-order valence-corrected chi connectivity index (χ4v) is 2.22. The summed E-state index contributed by atoms with van der Waals surface area (Å²) in [4.78, 5) is 23.7. The van der Waals surface area contributed by atoms with Gasteiger partial charge in [-0.1, -0.05) is 18.2 Å². The Bertz CT molecular complexity index is 892. The molecule has 6 heteroatoms. The maximum atomic E-state index is 12.4. The van der Waals surface area contributed by atoms with Gasteiger partial charge in [-0.15, -0.1) is 0 Å². The standard InChI is InChI=1S/C15H12N2O4/c1-9-6-7-10(21-9)8-17-14(18)12-5-3-2-4-11(12)13(16-17)15(19)20/h2-7H,8H2,1H3,(H,19,20). The molecule has 21 heavy (non-hydrogen) atoms. The van der Waals surface area contributed by atoms with Crippen LogP contribution in [0.5, 0.6) is 0 Å². The molecule has 0 bridgehead atoms. The Labute approximate surface area is 119 Å². The van der Waals surface area contributed by atoms with Gasteiger partial charge in [-0.25, -0.2) is 9.48 Å². The lowest BCUT2D eigenvalue weighted by Gasteiger charge is -2.07. The number of aromatic nitrogens is 2. The van der Waals surface area contributed by atoms with Gasteiger partial charge < -0.3 is 9.52 Å². The quantitative estimate of drug-likeness (QED) is 0.795. The van der Waals surface area contributed by atoms with E-state index in [0.29, 0.717) is 16.5 Å². The molecule has 3 aromatic rings. The summed E-state index contributed by atoms with van der Waals surface area (Å²) in [7, 11) is 0. The number of furan rings is 1. The number of hydrogen-bond donors (Lipinski definition) is 1. The molecule has 0 fully saturated rings. The first-order chi connectivity index (χ1) is 10.1. The first kappa shape index (κ1) is 13.1. The first-order valence-electron chi connectivity index (χ1n) is 6.35. The van der Waals surface area contributed by atoms with Crippen LogP contribution in [0, 0.1) is 6.92 Å². The Balaban J connectivity index is 2.21. The molecule has 1 aromatic carbocycles. The van der Waals surface area contributed by atoms with E-state index in [4.69, 9.17) is 4.42 Å². The molecule has 0 aliphatic rings. The van der Waals surface area contributed by atoms with Gasteiger partial charge >= 0.3 is 5.97 Å². The molecule has 0 amide bonds. The van der Waals surface area contributed by atoms with Crippen LogP contribution in [0.25, 0.3) is 10.8 Å². The van der Waals surface area contributed by atoms with Gasteiger partial charge in [-0.05, 0) is 25.1 Å². The molecule has 3 rings (SSSR count). The summed E-state index contributed by atoms with van der Waals surface area (Å²) >= 11 is 0. The van der Waals surface area contributed by atoms with Crippen molar-refractivity contribution in [2.24, 2.45) is 0 Å². The lowest BCUT2D eigenvalue weighted by atomic mass is 10.1. The zero-order valence-electron chi connectivity index (χ0n) is 11.2. The van der Waals surface area contributed by atoms with E-state index in [-0.39, 0.29) is 17.8 Å². The molecule has 106 valence electrons. The first-order valence-corrected chi connectivity index (χ1v) is 6.35. The van der Waals surface area contributed by atoms with Gasteiger partial charge in [0, 0.05) is 5.39 Å². The Hall–Kier alpha value is -2.89. The number of benzene rings is 1. The van der Waals surface area contributed by atoms with Crippen molar-refractivity contribution in [2.45, 2.75) is 13.5 Å². The fourth-order valence-electron chi connectivity index (χ4n) is 2.22. The summed E-state index contributed by atoms with van der Waals surface area (Å²) in [6, 6.07) is 10.1. The molecule has 2 heterocycles. The van der Waals surface area contributed by atoms with Gasteiger partial charge in [0.25, 0.3) is 5.56 Å². The average Bonchev–Trinajstić information content (AvgIpc) is 2.87. The fraction of sp³-hybridized carbons (Fsp3) is 0.133. The van der Waals surface area contributed by atoms with E-state index < -0.39 is 5.97 Å². The lowest BCUT2D eigenvalue weighted by molar-refractivity contribution is 0.0690. The van der Waals surface area contributed by atoms with Crippen LogP contribution in [0.15, 0.2) is 45.6 Å². The highest BCUT2D eigenvalue weighted by Gasteiger charge is 2.16. The molecule has 2 aromatic heterocycles. The lowest BCUT2D eigenvalue weighted by Crippen LogP contribution is -2.26. The number of nitrogens with zero attached hydrogens (tertiary/aromatic N) is 2. The van der Waals surface area contributed by atoms with Crippen molar-refractivity contribution < 1.29 is 14.3 Å². The van der Waals surface area contributed by atoms with Crippen LogP contribution in [0.2, 0.25) is 0 Å². The predicted molar refractivity (Wildman–Crippen MR) is 75.5 cm³/mol. The smallest absolute Gasteiger partial charge is 0.357 e. The third kappa shape index (κ3) is 2.31. The summed E-state index contributed by atoms with van der Waals surface area (Å²) in [5.74, 6) is 0.0987.